The van der Waals surface area contributed by atoms with E-state index in [0.717, 1.165) is 5.56 Å². The summed E-state index contributed by atoms with van der Waals surface area (Å²) in [6, 6.07) is 12.2. The molecule has 0 aliphatic rings. The SMILES string of the molecule is CC(CO)(NC(=O)c1ccc(Cl)o1)c1ccccc1. The third-order valence-electron chi connectivity index (χ3n) is 2.91. The smallest absolute Gasteiger partial charge is 0.287 e. The number of furan rings is 1. The third-order valence-corrected chi connectivity index (χ3v) is 3.12. The second kappa shape index (κ2) is 5.47. The molecule has 19 heavy (non-hydrogen) atoms. The molecule has 0 radical (unpaired) electrons. The van der Waals surface area contributed by atoms with Gasteiger partial charge in [-0.2, -0.15) is 0 Å². The minimum atomic E-state index is -0.877. The first-order valence-electron chi connectivity index (χ1n) is 5.79. The van der Waals surface area contributed by atoms with Crippen LogP contribution in [0, 0.1) is 0 Å². The monoisotopic (exact) mass is 279 g/mol. The summed E-state index contributed by atoms with van der Waals surface area (Å²) in [4.78, 5) is 12.0. The molecule has 1 heterocycles. The van der Waals surface area contributed by atoms with Crippen molar-refractivity contribution in [1.29, 1.82) is 0 Å². The second-order valence-corrected chi connectivity index (χ2v) is 4.79. The first-order chi connectivity index (χ1) is 9.05. The van der Waals surface area contributed by atoms with Gasteiger partial charge in [0, 0.05) is 0 Å². The Labute approximate surface area is 116 Å². The molecule has 100 valence electrons. The highest BCUT2D eigenvalue weighted by Gasteiger charge is 2.29. The number of rotatable bonds is 4. The number of hydrogen-bond donors (Lipinski definition) is 2. The fourth-order valence-electron chi connectivity index (χ4n) is 1.76. The number of amides is 1. The molecule has 2 rings (SSSR count). The highest BCUT2D eigenvalue weighted by molar-refractivity contribution is 6.29. The Morgan fingerprint density at radius 2 is 2.00 bits per heavy atom. The second-order valence-electron chi connectivity index (χ2n) is 4.41. The van der Waals surface area contributed by atoms with E-state index in [4.69, 9.17) is 16.0 Å². The summed E-state index contributed by atoms with van der Waals surface area (Å²) in [5.74, 6) is -0.312. The van der Waals surface area contributed by atoms with Gasteiger partial charge in [-0.05, 0) is 36.2 Å². The predicted octanol–water partition coefficient (Wildman–Crippen LogP) is 2.57. The van der Waals surface area contributed by atoms with Crippen LogP contribution in [0.2, 0.25) is 5.22 Å². The van der Waals surface area contributed by atoms with Crippen LogP contribution in [-0.2, 0) is 5.54 Å². The van der Waals surface area contributed by atoms with Gasteiger partial charge in [-0.3, -0.25) is 4.79 Å². The Balaban J connectivity index is 2.22. The van der Waals surface area contributed by atoms with Gasteiger partial charge >= 0.3 is 0 Å². The molecular formula is C14H14ClNO3. The van der Waals surface area contributed by atoms with Crippen molar-refractivity contribution in [3.05, 3.63) is 59.0 Å². The number of aliphatic hydroxyl groups is 1. The minimum absolute atomic E-state index is 0.112. The Morgan fingerprint density at radius 1 is 1.32 bits per heavy atom. The van der Waals surface area contributed by atoms with Gasteiger partial charge in [0.05, 0.1) is 12.1 Å². The number of aliphatic hydroxyl groups excluding tert-OH is 1. The van der Waals surface area contributed by atoms with Crippen molar-refractivity contribution in [3.63, 3.8) is 0 Å². The lowest BCUT2D eigenvalue weighted by Crippen LogP contribution is -2.46. The van der Waals surface area contributed by atoms with Gasteiger partial charge in [0.1, 0.15) is 0 Å². The van der Waals surface area contributed by atoms with Gasteiger partial charge in [0.25, 0.3) is 5.91 Å². The van der Waals surface area contributed by atoms with E-state index >= 15 is 0 Å². The molecule has 1 atom stereocenters. The standard InChI is InChI=1S/C14H14ClNO3/c1-14(9-17,10-5-3-2-4-6-10)16-13(18)11-7-8-12(15)19-11/h2-8,17H,9H2,1H3,(H,16,18). The zero-order valence-corrected chi connectivity index (χ0v) is 11.1. The summed E-state index contributed by atoms with van der Waals surface area (Å²) >= 11 is 5.63. The van der Waals surface area contributed by atoms with Gasteiger partial charge in [-0.15, -0.1) is 0 Å². The summed E-state index contributed by atoms with van der Waals surface area (Å²) in [6.45, 7) is 1.52. The van der Waals surface area contributed by atoms with Crippen molar-refractivity contribution >= 4 is 17.5 Å². The van der Waals surface area contributed by atoms with Gasteiger partial charge in [0.15, 0.2) is 11.0 Å². The first kappa shape index (κ1) is 13.6. The van der Waals surface area contributed by atoms with Crippen molar-refractivity contribution in [2.45, 2.75) is 12.5 Å². The van der Waals surface area contributed by atoms with E-state index in [2.05, 4.69) is 5.32 Å². The van der Waals surface area contributed by atoms with Crippen LogP contribution in [0.3, 0.4) is 0 Å². The van der Waals surface area contributed by atoms with E-state index in [9.17, 15) is 9.90 Å². The number of carbonyl (C=O) groups is 1. The quantitative estimate of drug-likeness (QED) is 0.904. The van der Waals surface area contributed by atoms with Gasteiger partial charge in [-0.1, -0.05) is 30.3 Å². The minimum Gasteiger partial charge on any atom is -0.440 e. The molecular weight excluding hydrogens is 266 g/mol. The first-order valence-corrected chi connectivity index (χ1v) is 6.17. The van der Waals surface area contributed by atoms with Crippen molar-refractivity contribution in [3.8, 4) is 0 Å². The predicted molar refractivity (Wildman–Crippen MR) is 72.1 cm³/mol. The topological polar surface area (TPSA) is 62.5 Å². The summed E-state index contributed by atoms with van der Waals surface area (Å²) in [5, 5.41) is 12.5. The van der Waals surface area contributed by atoms with E-state index in [-0.39, 0.29) is 17.6 Å². The lowest BCUT2D eigenvalue weighted by Gasteiger charge is -2.28. The van der Waals surface area contributed by atoms with Crippen molar-refractivity contribution in [2.75, 3.05) is 6.61 Å². The largest absolute Gasteiger partial charge is 0.440 e. The summed E-state index contributed by atoms with van der Waals surface area (Å²) < 4.78 is 5.04. The highest BCUT2D eigenvalue weighted by Crippen LogP contribution is 2.21. The summed E-state index contributed by atoms with van der Waals surface area (Å²) in [6.07, 6.45) is 0. The molecule has 0 saturated carbocycles. The summed E-state index contributed by atoms with van der Waals surface area (Å²) in [5.41, 5.74) is -0.0686. The molecule has 0 aliphatic carbocycles. The van der Waals surface area contributed by atoms with Crippen LogP contribution in [-0.4, -0.2) is 17.6 Å². The molecule has 1 unspecified atom stereocenters. The molecule has 2 aromatic rings. The van der Waals surface area contributed by atoms with Crippen LogP contribution in [0.4, 0.5) is 0 Å². The van der Waals surface area contributed by atoms with Crippen molar-refractivity contribution in [1.82, 2.24) is 5.32 Å². The fourth-order valence-corrected chi connectivity index (χ4v) is 1.90. The van der Waals surface area contributed by atoms with Gasteiger partial charge < -0.3 is 14.8 Å². The molecule has 1 aromatic carbocycles. The Morgan fingerprint density at radius 3 is 2.53 bits per heavy atom. The number of halogens is 1. The lowest BCUT2D eigenvalue weighted by atomic mass is 9.93. The molecule has 1 aromatic heterocycles. The van der Waals surface area contributed by atoms with Crippen LogP contribution in [0.5, 0.6) is 0 Å². The van der Waals surface area contributed by atoms with Crippen LogP contribution >= 0.6 is 11.6 Å². The lowest BCUT2D eigenvalue weighted by molar-refractivity contribution is 0.0821. The normalized spacial score (nSPS) is 13.8. The number of benzene rings is 1. The molecule has 0 bridgehead atoms. The number of nitrogens with one attached hydrogen (secondary N) is 1. The molecule has 2 N–H and O–H groups in total. The molecule has 0 saturated heterocycles. The van der Waals surface area contributed by atoms with E-state index in [1.165, 1.54) is 12.1 Å². The molecule has 0 spiro atoms. The maximum absolute atomic E-state index is 12.0. The zero-order valence-electron chi connectivity index (χ0n) is 10.4. The molecule has 4 nitrogen and oxygen atoms in total. The van der Waals surface area contributed by atoms with Gasteiger partial charge in [0.2, 0.25) is 0 Å². The molecule has 0 fully saturated rings. The van der Waals surface area contributed by atoms with Crippen LogP contribution < -0.4 is 5.32 Å². The van der Waals surface area contributed by atoms with Crippen LogP contribution in [0.15, 0.2) is 46.9 Å². The number of carbonyl (C=O) groups excluding carboxylic acids is 1. The Bertz CT molecular complexity index is 567. The number of hydrogen-bond acceptors (Lipinski definition) is 3. The maximum atomic E-state index is 12.0. The van der Waals surface area contributed by atoms with E-state index in [0.29, 0.717) is 0 Å². The van der Waals surface area contributed by atoms with Gasteiger partial charge in [-0.25, -0.2) is 0 Å². The summed E-state index contributed by atoms with van der Waals surface area (Å²) in [7, 11) is 0. The van der Waals surface area contributed by atoms with E-state index in [1.54, 1.807) is 6.92 Å². The molecule has 0 aliphatic heterocycles. The van der Waals surface area contributed by atoms with Crippen molar-refractivity contribution in [2.24, 2.45) is 0 Å². The average Bonchev–Trinajstić information content (AvgIpc) is 2.86. The van der Waals surface area contributed by atoms with E-state index < -0.39 is 11.4 Å². The van der Waals surface area contributed by atoms with Crippen LogP contribution in [0.1, 0.15) is 23.0 Å². The zero-order chi connectivity index (χ0) is 13.9. The molecule has 1 amide bonds. The average molecular weight is 280 g/mol. The fraction of sp³-hybridized carbons (Fsp3) is 0.214. The Kier molecular flexibility index (Phi) is 3.93. The van der Waals surface area contributed by atoms with E-state index in [1.807, 2.05) is 30.3 Å². The highest BCUT2D eigenvalue weighted by atomic mass is 35.5. The Hall–Kier alpha value is -1.78. The van der Waals surface area contributed by atoms with Crippen molar-refractivity contribution < 1.29 is 14.3 Å². The maximum Gasteiger partial charge on any atom is 0.287 e. The third kappa shape index (κ3) is 2.97. The van der Waals surface area contributed by atoms with Crippen LogP contribution in [0.25, 0.3) is 0 Å². The molecule has 5 heteroatoms.